The highest BCUT2D eigenvalue weighted by Crippen LogP contribution is 2.27. The van der Waals surface area contributed by atoms with E-state index in [0.29, 0.717) is 0 Å². The van der Waals surface area contributed by atoms with Gasteiger partial charge in [0, 0.05) is 0 Å². The summed E-state index contributed by atoms with van der Waals surface area (Å²) in [5, 5.41) is 69.0. The number of hydrogen-bond donors (Lipinski definition) is 6. The maximum atomic E-state index is 12.0. The van der Waals surface area contributed by atoms with E-state index in [2.05, 4.69) is 0 Å². The van der Waals surface area contributed by atoms with Gasteiger partial charge in [-0.25, -0.2) is 5.11 Å². The fraction of sp³-hybridized carbons (Fsp3) is 1.00. The fourth-order valence-corrected chi connectivity index (χ4v) is 2.50. The third-order valence-corrected chi connectivity index (χ3v) is 3.87. The normalized spacial score (nSPS) is 50.0. The van der Waals surface area contributed by atoms with Crippen LogP contribution in [0.4, 0.5) is 0 Å². The zero-order valence-corrected chi connectivity index (χ0v) is 11.6. The zero-order valence-electron chi connectivity index (χ0n) is 11.6. The summed E-state index contributed by atoms with van der Waals surface area (Å²) >= 11 is 0. The van der Waals surface area contributed by atoms with Gasteiger partial charge in [-0.15, -0.1) is 0 Å². The summed E-state index contributed by atoms with van der Waals surface area (Å²) in [7, 11) is 0. The largest absolute Gasteiger partial charge is 0.394 e. The van der Waals surface area contributed by atoms with Crippen LogP contribution in [0, 0.1) is 0 Å². The van der Waals surface area contributed by atoms with E-state index in [1.54, 1.807) is 0 Å². The van der Waals surface area contributed by atoms with Gasteiger partial charge in [0.1, 0.15) is 48.8 Å². The van der Waals surface area contributed by atoms with E-state index >= 15 is 0 Å². The molecule has 6 N–H and O–H groups in total. The molecule has 0 unspecified atom stereocenters. The molecule has 2 aliphatic rings. The van der Waals surface area contributed by atoms with Gasteiger partial charge in [-0.2, -0.15) is 0 Å². The Morgan fingerprint density at radius 2 is 1.59 bits per heavy atom. The van der Waals surface area contributed by atoms with Crippen molar-refractivity contribution in [1.82, 2.24) is 0 Å². The third-order valence-electron chi connectivity index (χ3n) is 3.87. The standard InChI is InChI=1S/C12H21O10/c13-1-5-8(17)9(18)10(19)12(21-5)22-11-6(2-14)20-3-4(15)7(11)16/h4-15,17-19H,1-3H2/t4-,5+,6+,7+,8+,9-,10+,11+,12-/m0/s1. The lowest BCUT2D eigenvalue weighted by atomic mass is 9.97. The first kappa shape index (κ1) is 17.9. The van der Waals surface area contributed by atoms with Crippen molar-refractivity contribution >= 4 is 0 Å². The van der Waals surface area contributed by atoms with Crippen molar-refractivity contribution < 1.29 is 50.0 Å². The molecule has 22 heavy (non-hydrogen) atoms. The molecule has 2 saturated heterocycles. The molecule has 10 heteroatoms. The van der Waals surface area contributed by atoms with E-state index in [9.17, 15) is 30.6 Å². The van der Waals surface area contributed by atoms with Crippen molar-refractivity contribution in [3.05, 3.63) is 0 Å². The van der Waals surface area contributed by atoms with Gasteiger partial charge in [-0.1, -0.05) is 0 Å². The molecule has 1 radical (unpaired) electrons. The molecule has 2 fully saturated rings. The van der Waals surface area contributed by atoms with E-state index < -0.39 is 68.3 Å². The number of aliphatic hydroxyl groups excluding tert-OH is 6. The smallest absolute Gasteiger partial charge is 0.187 e. The molecular formula is C12H21O10. The molecule has 0 spiro atoms. The minimum atomic E-state index is -1.68. The highest BCUT2D eigenvalue weighted by atomic mass is 16.7. The molecule has 9 atom stereocenters. The van der Waals surface area contributed by atoms with E-state index in [0.717, 1.165) is 0 Å². The summed E-state index contributed by atoms with van der Waals surface area (Å²) in [6, 6.07) is 0. The molecule has 0 bridgehead atoms. The first-order chi connectivity index (χ1) is 10.4. The quantitative estimate of drug-likeness (QED) is 0.299. The minimum Gasteiger partial charge on any atom is -0.394 e. The Kier molecular flexibility index (Phi) is 6.07. The van der Waals surface area contributed by atoms with Crippen molar-refractivity contribution in [1.29, 1.82) is 0 Å². The average molecular weight is 325 g/mol. The number of ether oxygens (including phenoxy) is 3. The van der Waals surface area contributed by atoms with Crippen molar-refractivity contribution in [2.45, 2.75) is 55.1 Å². The summed E-state index contributed by atoms with van der Waals surface area (Å²) in [6.45, 7) is -1.44. The third kappa shape index (κ3) is 3.41. The number of aliphatic hydroxyl groups is 6. The Morgan fingerprint density at radius 1 is 0.955 bits per heavy atom. The predicted octanol–water partition coefficient (Wildman–Crippen LogP) is -4.28. The second-order valence-electron chi connectivity index (χ2n) is 5.38. The van der Waals surface area contributed by atoms with Gasteiger partial charge < -0.3 is 44.8 Å². The van der Waals surface area contributed by atoms with E-state index in [1.165, 1.54) is 0 Å². The van der Waals surface area contributed by atoms with Crippen LogP contribution in [0.3, 0.4) is 0 Å². The van der Waals surface area contributed by atoms with Crippen LogP contribution in [0.2, 0.25) is 0 Å². The van der Waals surface area contributed by atoms with Crippen molar-refractivity contribution in [2.75, 3.05) is 19.8 Å². The predicted molar refractivity (Wildman–Crippen MR) is 65.9 cm³/mol. The van der Waals surface area contributed by atoms with Gasteiger partial charge in [-0.05, 0) is 0 Å². The molecule has 2 heterocycles. The Labute approximate surface area is 126 Å². The number of hydrogen-bond acceptors (Lipinski definition) is 9. The van der Waals surface area contributed by atoms with E-state index in [4.69, 9.17) is 19.3 Å². The van der Waals surface area contributed by atoms with Gasteiger partial charge >= 0.3 is 0 Å². The lowest BCUT2D eigenvalue weighted by Crippen LogP contribution is -2.62. The summed E-state index contributed by atoms with van der Waals surface area (Å²) in [5.74, 6) is 0. The topological polar surface area (TPSA) is 169 Å². The van der Waals surface area contributed by atoms with Crippen molar-refractivity contribution in [3.8, 4) is 0 Å². The van der Waals surface area contributed by atoms with Crippen LogP contribution in [-0.4, -0.2) is 106 Å². The monoisotopic (exact) mass is 325 g/mol. The Hall–Kier alpha value is -0.400. The summed E-state index contributed by atoms with van der Waals surface area (Å²) < 4.78 is 15.5. The van der Waals surface area contributed by atoms with Gasteiger partial charge in [-0.3, -0.25) is 0 Å². The fourth-order valence-electron chi connectivity index (χ4n) is 2.50. The Morgan fingerprint density at radius 3 is 2.18 bits per heavy atom. The molecule has 2 aliphatic heterocycles. The second kappa shape index (κ2) is 7.45. The molecule has 0 aliphatic carbocycles. The van der Waals surface area contributed by atoms with Crippen LogP contribution < -0.4 is 0 Å². The average Bonchev–Trinajstić information content (AvgIpc) is 2.52. The van der Waals surface area contributed by atoms with Crippen LogP contribution in [0.1, 0.15) is 0 Å². The van der Waals surface area contributed by atoms with Crippen LogP contribution >= 0.6 is 0 Å². The molecule has 0 aromatic carbocycles. The molecule has 0 aromatic rings. The molecule has 129 valence electrons. The maximum absolute atomic E-state index is 12.0. The van der Waals surface area contributed by atoms with E-state index in [-0.39, 0.29) is 6.61 Å². The summed E-state index contributed by atoms with van der Waals surface area (Å²) in [5.41, 5.74) is 0. The first-order valence-electron chi connectivity index (χ1n) is 6.93. The molecule has 0 saturated carbocycles. The van der Waals surface area contributed by atoms with Crippen LogP contribution in [0.15, 0.2) is 0 Å². The van der Waals surface area contributed by atoms with E-state index in [1.807, 2.05) is 0 Å². The molecular weight excluding hydrogens is 304 g/mol. The highest BCUT2D eigenvalue weighted by Gasteiger charge is 2.48. The van der Waals surface area contributed by atoms with Gasteiger partial charge in [0.05, 0.1) is 19.8 Å². The van der Waals surface area contributed by atoms with Gasteiger partial charge in [0.25, 0.3) is 0 Å². The summed E-state index contributed by atoms with van der Waals surface area (Å²) in [6.07, 6.45) is -13.0. The minimum absolute atomic E-state index is 0.256. The van der Waals surface area contributed by atoms with Crippen LogP contribution in [0.25, 0.3) is 0 Å². The molecule has 0 aromatic heterocycles. The SMILES string of the molecule is [O][C@H]1[C@H](O[C@@H]2O[C@H](CO)[C@@H](O)[C@H](O)[C@H]2O)[C@@H](CO)OC[C@@H]1O. The Bertz CT molecular complexity index is 351. The highest BCUT2D eigenvalue weighted by molar-refractivity contribution is 4.92. The van der Waals surface area contributed by atoms with Crippen molar-refractivity contribution in [3.63, 3.8) is 0 Å². The lowest BCUT2D eigenvalue weighted by Gasteiger charge is -2.43. The molecule has 2 rings (SSSR count). The van der Waals surface area contributed by atoms with Crippen molar-refractivity contribution in [2.24, 2.45) is 0 Å². The zero-order chi connectivity index (χ0) is 16.4. The molecule has 0 amide bonds. The lowest BCUT2D eigenvalue weighted by molar-refractivity contribution is -0.339. The van der Waals surface area contributed by atoms with Crippen LogP contribution in [-0.2, 0) is 19.3 Å². The molecule has 10 nitrogen and oxygen atoms in total. The maximum Gasteiger partial charge on any atom is 0.187 e. The van der Waals surface area contributed by atoms with Gasteiger partial charge in [0.2, 0.25) is 0 Å². The Balaban J connectivity index is 2.09. The van der Waals surface area contributed by atoms with Crippen LogP contribution in [0.5, 0.6) is 0 Å². The summed E-state index contributed by atoms with van der Waals surface area (Å²) in [4.78, 5) is 0. The number of rotatable bonds is 4. The second-order valence-corrected chi connectivity index (χ2v) is 5.38. The first-order valence-corrected chi connectivity index (χ1v) is 6.93. The van der Waals surface area contributed by atoms with Gasteiger partial charge in [0.15, 0.2) is 6.29 Å².